The SMILES string of the molecule is CCC(O)CN(CCCOC)Cc1cccn1Cc1ccc(C(C)(C)C)cc1. The van der Waals surface area contributed by atoms with Gasteiger partial charge in [-0.3, -0.25) is 4.90 Å². The Morgan fingerprint density at radius 2 is 1.86 bits per heavy atom. The quantitative estimate of drug-likeness (QED) is 0.580. The average molecular weight is 387 g/mol. The number of aromatic nitrogens is 1. The van der Waals surface area contributed by atoms with E-state index in [9.17, 15) is 5.11 Å². The van der Waals surface area contributed by atoms with Gasteiger partial charge < -0.3 is 14.4 Å². The topological polar surface area (TPSA) is 37.6 Å². The van der Waals surface area contributed by atoms with Crippen LogP contribution >= 0.6 is 0 Å². The van der Waals surface area contributed by atoms with Crippen molar-refractivity contribution < 1.29 is 9.84 Å². The number of aliphatic hydroxyl groups is 1. The molecule has 1 aromatic heterocycles. The van der Waals surface area contributed by atoms with Crippen LogP contribution < -0.4 is 0 Å². The molecule has 0 radical (unpaired) electrons. The maximum absolute atomic E-state index is 10.1. The Labute approximate surface area is 171 Å². The van der Waals surface area contributed by atoms with E-state index in [1.54, 1.807) is 7.11 Å². The Morgan fingerprint density at radius 1 is 1.14 bits per heavy atom. The Hall–Kier alpha value is -1.62. The standard InChI is InChI=1S/C24H38N2O2/c1-6-23(27)19-25(14-8-16-28-5)18-22-9-7-15-26(22)17-20-10-12-21(13-11-20)24(2,3)4/h7,9-13,15,23,27H,6,8,14,16-19H2,1-5H3. The first-order valence-corrected chi connectivity index (χ1v) is 10.5. The van der Waals surface area contributed by atoms with Gasteiger partial charge in [0.2, 0.25) is 0 Å². The van der Waals surface area contributed by atoms with E-state index in [0.29, 0.717) is 6.54 Å². The third-order valence-corrected chi connectivity index (χ3v) is 5.25. The number of hydrogen-bond donors (Lipinski definition) is 1. The number of nitrogens with zero attached hydrogens (tertiary/aromatic N) is 2. The molecular weight excluding hydrogens is 348 g/mol. The van der Waals surface area contributed by atoms with Crippen molar-refractivity contribution in [2.75, 3.05) is 26.8 Å². The van der Waals surface area contributed by atoms with Crippen LogP contribution in [0.4, 0.5) is 0 Å². The maximum atomic E-state index is 10.1. The van der Waals surface area contributed by atoms with Gasteiger partial charge in [-0.15, -0.1) is 0 Å². The van der Waals surface area contributed by atoms with Gasteiger partial charge in [0.25, 0.3) is 0 Å². The molecule has 28 heavy (non-hydrogen) atoms. The van der Waals surface area contributed by atoms with Gasteiger partial charge in [0.15, 0.2) is 0 Å². The Balaban J connectivity index is 2.05. The molecule has 1 N–H and O–H groups in total. The van der Waals surface area contributed by atoms with Gasteiger partial charge in [-0.2, -0.15) is 0 Å². The molecule has 4 nitrogen and oxygen atoms in total. The van der Waals surface area contributed by atoms with Gasteiger partial charge in [-0.05, 0) is 41.5 Å². The summed E-state index contributed by atoms with van der Waals surface area (Å²) in [6.07, 6.45) is 3.62. The van der Waals surface area contributed by atoms with Gasteiger partial charge in [-0.25, -0.2) is 0 Å². The molecule has 0 aliphatic rings. The fraction of sp³-hybridized carbons (Fsp3) is 0.583. The highest BCUT2D eigenvalue weighted by atomic mass is 16.5. The second-order valence-electron chi connectivity index (χ2n) is 8.72. The summed E-state index contributed by atoms with van der Waals surface area (Å²) >= 11 is 0. The van der Waals surface area contributed by atoms with Gasteiger partial charge in [0.1, 0.15) is 0 Å². The highest BCUT2D eigenvalue weighted by Crippen LogP contribution is 2.22. The zero-order valence-corrected chi connectivity index (χ0v) is 18.3. The molecule has 1 unspecified atom stereocenters. The van der Waals surface area contributed by atoms with Crippen molar-refractivity contribution in [1.29, 1.82) is 0 Å². The molecule has 2 aromatic rings. The second-order valence-corrected chi connectivity index (χ2v) is 8.72. The number of benzene rings is 1. The predicted molar refractivity (Wildman–Crippen MR) is 117 cm³/mol. The summed E-state index contributed by atoms with van der Waals surface area (Å²) in [6.45, 7) is 12.9. The molecular formula is C24H38N2O2. The lowest BCUT2D eigenvalue weighted by Crippen LogP contribution is -2.33. The lowest BCUT2D eigenvalue weighted by molar-refractivity contribution is 0.0956. The average Bonchev–Trinajstić information content (AvgIpc) is 3.08. The van der Waals surface area contributed by atoms with E-state index in [-0.39, 0.29) is 11.5 Å². The van der Waals surface area contributed by atoms with Crippen molar-refractivity contribution in [3.8, 4) is 0 Å². The molecule has 1 aromatic carbocycles. The van der Waals surface area contributed by atoms with Crippen LogP contribution in [0.5, 0.6) is 0 Å². The van der Waals surface area contributed by atoms with E-state index in [4.69, 9.17) is 4.74 Å². The molecule has 0 spiro atoms. The fourth-order valence-corrected chi connectivity index (χ4v) is 3.38. The summed E-state index contributed by atoms with van der Waals surface area (Å²) in [6, 6.07) is 13.3. The highest BCUT2D eigenvalue weighted by Gasteiger charge is 2.15. The third kappa shape index (κ3) is 7.08. The van der Waals surface area contributed by atoms with Crippen LogP contribution in [0.1, 0.15) is 57.4 Å². The number of hydrogen-bond acceptors (Lipinski definition) is 3. The van der Waals surface area contributed by atoms with Gasteiger partial charge in [-0.1, -0.05) is 52.0 Å². The molecule has 1 heterocycles. The molecule has 4 heteroatoms. The maximum Gasteiger partial charge on any atom is 0.0664 e. The Bertz CT molecular complexity index is 685. The molecule has 0 saturated carbocycles. The zero-order chi connectivity index (χ0) is 20.6. The molecule has 2 rings (SSSR count). The van der Waals surface area contributed by atoms with Gasteiger partial charge in [0.05, 0.1) is 6.10 Å². The van der Waals surface area contributed by atoms with Crippen LogP contribution in [0, 0.1) is 0 Å². The summed E-state index contributed by atoms with van der Waals surface area (Å²) in [7, 11) is 1.74. The molecule has 0 aliphatic carbocycles. The zero-order valence-electron chi connectivity index (χ0n) is 18.3. The Morgan fingerprint density at radius 3 is 2.46 bits per heavy atom. The van der Waals surface area contributed by atoms with Crippen molar-refractivity contribution in [3.63, 3.8) is 0 Å². The molecule has 0 amide bonds. The summed E-state index contributed by atoms with van der Waals surface area (Å²) in [5, 5.41) is 10.1. The van der Waals surface area contributed by atoms with Crippen molar-refractivity contribution in [2.45, 2.75) is 65.1 Å². The van der Waals surface area contributed by atoms with E-state index in [0.717, 1.165) is 39.1 Å². The molecule has 0 saturated heterocycles. The molecule has 1 atom stereocenters. The fourth-order valence-electron chi connectivity index (χ4n) is 3.38. The predicted octanol–water partition coefficient (Wildman–Crippen LogP) is 4.44. The van der Waals surface area contributed by atoms with Crippen molar-refractivity contribution in [1.82, 2.24) is 9.47 Å². The summed E-state index contributed by atoms with van der Waals surface area (Å²) in [4.78, 5) is 2.34. The number of aliphatic hydroxyl groups excluding tert-OH is 1. The van der Waals surface area contributed by atoms with Gasteiger partial charge >= 0.3 is 0 Å². The molecule has 0 fully saturated rings. The van der Waals surface area contributed by atoms with Crippen LogP contribution in [0.2, 0.25) is 0 Å². The largest absolute Gasteiger partial charge is 0.392 e. The Kier molecular flexibility index (Phi) is 8.74. The van der Waals surface area contributed by atoms with Crippen LogP contribution in [-0.2, 0) is 23.2 Å². The van der Waals surface area contributed by atoms with Crippen LogP contribution in [0.15, 0.2) is 42.6 Å². The number of ether oxygens (including phenoxy) is 1. The first-order chi connectivity index (χ1) is 13.3. The summed E-state index contributed by atoms with van der Waals surface area (Å²) < 4.78 is 7.51. The van der Waals surface area contributed by atoms with E-state index in [2.05, 4.69) is 72.8 Å². The normalized spacial score (nSPS) is 13.2. The lowest BCUT2D eigenvalue weighted by Gasteiger charge is -2.25. The first kappa shape index (κ1) is 22.7. The smallest absolute Gasteiger partial charge is 0.0664 e. The van der Waals surface area contributed by atoms with Gasteiger partial charge in [0, 0.05) is 51.8 Å². The van der Waals surface area contributed by atoms with Crippen molar-refractivity contribution in [3.05, 3.63) is 59.4 Å². The minimum absolute atomic E-state index is 0.181. The van der Waals surface area contributed by atoms with Crippen LogP contribution in [0.25, 0.3) is 0 Å². The monoisotopic (exact) mass is 386 g/mol. The molecule has 0 bridgehead atoms. The minimum atomic E-state index is -0.282. The highest BCUT2D eigenvalue weighted by molar-refractivity contribution is 5.28. The second kappa shape index (κ2) is 10.8. The number of rotatable bonds is 11. The first-order valence-electron chi connectivity index (χ1n) is 10.5. The third-order valence-electron chi connectivity index (χ3n) is 5.25. The van der Waals surface area contributed by atoms with Crippen LogP contribution in [-0.4, -0.2) is 47.5 Å². The van der Waals surface area contributed by atoms with E-state index in [1.165, 1.54) is 16.8 Å². The lowest BCUT2D eigenvalue weighted by atomic mass is 9.87. The summed E-state index contributed by atoms with van der Waals surface area (Å²) in [5.74, 6) is 0. The van der Waals surface area contributed by atoms with E-state index < -0.39 is 0 Å². The minimum Gasteiger partial charge on any atom is -0.392 e. The molecule has 0 aliphatic heterocycles. The summed E-state index contributed by atoms with van der Waals surface area (Å²) in [5.41, 5.74) is 4.13. The molecule has 156 valence electrons. The number of methoxy groups -OCH3 is 1. The van der Waals surface area contributed by atoms with Crippen molar-refractivity contribution >= 4 is 0 Å². The van der Waals surface area contributed by atoms with E-state index >= 15 is 0 Å². The van der Waals surface area contributed by atoms with Crippen molar-refractivity contribution in [2.24, 2.45) is 0 Å². The van der Waals surface area contributed by atoms with E-state index in [1.807, 2.05) is 6.92 Å². The van der Waals surface area contributed by atoms with Crippen LogP contribution in [0.3, 0.4) is 0 Å².